The van der Waals surface area contributed by atoms with Crippen LogP contribution in [0.2, 0.25) is 0 Å². The number of anilines is 2. The molecule has 0 saturated carbocycles. The maximum atomic E-state index is 13.5. The molecule has 0 radical (unpaired) electrons. The highest BCUT2D eigenvalue weighted by molar-refractivity contribution is 5.98. The molecule has 2 fully saturated rings. The Morgan fingerprint density at radius 3 is 2.61 bits per heavy atom. The van der Waals surface area contributed by atoms with E-state index in [9.17, 15) is 9.18 Å². The lowest BCUT2D eigenvalue weighted by molar-refractivity contribution is 0.0827. The number of hydrogen-bond acceptors (Lipinski definition) is 6. The molecule has 2 saturated heterocycles. The number of nitrogens with zero attached hydrogens (tertiary/aromatic N) is 5. The molecule has 2 aliphatic heterocycles. The number of aromatic nitrogens is 2. The maximum Gasteiger partial charge on any atom is 0.253 e. The van der Waals surface area contributed by atoms with E-state index in [0.29, 0.717) is 24.3 Å². The molecule has 3 aromatic rings. The van der Waals surface area contributed by atoms with Crippen LogP contribution in [0.4, 0.5) is 15.9 Å². The van der Waals surface area contributed by atoms with Crippen LogP contribution >= 0.6 is 0 Å². The van der Waals surface area contributed by atoms with E-state index in [-0.39, 0.29) is 17.8 Å². The van der Waals surface area contributed by atoms with Crippen molar-refractivity contribution in [2.45, 2.75) is 18.9 Å². The lowest BCUT2D eigenvalue weighted by atomic mass is 9.98. The average molecular weight is 450 g/mol. The molecule has 1 atom stereocenters. The minimum absolute atomic E-state index is 0.0297. The fourth-order valence-corrected chi connectivity index (χ4v) is 4.74. The van der Waals surface area contributed by atoms with Crippen molar-refractivity contribution in [3.63, 3.8) is 0 Å². The molecule has 5 rings (SSSR count). The minimum Gasteiger partial charge on any atom is -0.378 e. The van der Waals surface area contributed by atoms with Crippen molar-refractivity contribution in [3.05, 3.63) is 59.5 Å². The van der Waals surface area contributed by atoms with Crippen molar-refractivity contribution < 1.29 is 13.9 Å². The standard InChI is InChI=1S/C25H28FN5O2/c1-29(2)25(32)17-14-20(22-4-3-9-31(22)19-7-5-18(26)6-8-19)24-21(15-17)27-16-23(28-24)30-10-12-33-13-11-30/h5-8,14-16,22H,3-4,9-13H2,1-2H3. The molecule has 3 heterocycles. The summed E-state index contributed by atoms with van der Waals surface area (Å²) in [5.74, 6) is 0.508. The van der Waals surface area contributed by atoms with Gasteiger partial charge < -0.3 is 19.4 Å². The van der Waals surface area contributed by atoms with Crippen LogP contribution in [-0.2, 0) is 4.74 Å². The molecular formula is C25H28FN5O2. The quantitative estimate of drug-likeness (QED) is 0.606. The van der Waals surface area contributed by atoms with E-state index < -0.39 is 0 Å². The summed E-state index contributed by atoms with van der Waals surface area (Å²) >= 11 is 0. The molecule has 2 aliphatic rings. The molecule has 2 aromatic carbocycles. The van der Waals surface area contributed by atoms with Gasteiger partial charge in [-0.2, -0.15) is 0 Å². The van der Waals surface area contributed by atoms with Gasteiger partial charge in [0.05, 0.1) is 36.5 Å². The van der Waals surface area contributed by atoms with Crippen LogP contribution in [0.25, 0.3) is 11.0 Å². The SMILES string of the molecule is CN(C)C(=O)c1cc(C2CCCN2c2ccc(F)cc2)c2nc(N3CCOCC3)cnc2c1. The van der Waals surface area contributed by atoms with Crippen molar-refractivity contribution in [3.8, 4) is 0 Å². The summed E-state index contributed by atoms with van der Waals surface area (Å²) in [6.45, 7) is 3.75. The van der Waals surface area contributed by atoms with Crippen LogP contribution < -0.4 is 9.80 Å². The number of benzene rings is 2. The first-order valence-corrected chi connectivity index (χ1v) is 11.4. The second-order valence-corrected chi connectivity index (χ2v) is 8.79. The van der Waals surface area contributed by atoms with E-state index >= 15 is 0 Å². The van der Waals surface area contributed by atoms with Crippen LogP contribution in [-0.4, -0.2) is 67.7 Å². The number of carbonyl (C=O) groups excluding carboxylic acids is 1. The highest BCUT2D eigenvalue weighted by atomic mass is 19.1. The van der Waals surface area contributed by atoms with Crippen LogP contribution in [0, 0.1) is 5.82 Å². The van der Waals surface area contributed by atoms with Crippen LogP contribution in [0.1, 0.15) is 34.8 Å². The Kier molecular flexibility index (Phi) is 5.85. The van der Waals surface area contributed by atoms with E-state index in [2.05, 4.69) is 9.80 Å². The zero-order chi connectivity index (χ0) is 22.9. The van der Waals surface area contributed by atoms with Gasteiger partial charge in [0, 0.05) is 50.5 Å². The predicted octanol–water partition coefficient (Wildman–Crippen LogP) is 3.65. The number of amides is 1. The summed E-state index contributed by atoms with van der Waals surface area (Å²) in [6, 6.07) is 10.4. The number of morpholine rings is 1. The van der Waals surface area contributed by atoms with Crippen molar-refractivity contribution in [2.24, 2.45) is 0 Å². The van der Waals surface area contributed by atoms with Crippen LogP contribution in [0.3, 0.4) is 0 Å². The van der Waals surface area contributed by atoms with Gasteiger partial charge in [0.1, 0.15) is 11.6 Å². The first kappa shape index (κ1) is 21.6. The Labute approximate surface area is 192 Å². The summed E-state index contributed by atoms with van der Waals surface area (Å²) < 4.78 is 19.0. The summed E-state index contributed by atoms with van der Waals surface area (Å²) in [5, 5.41) is 0. The van der Waals surface area contributed by atoms with Gasteiger partial charge in [-0.3, -0.25) is 9.78 Å². The van der Waals surface area contributed by atoms with Gasteiger partial charge in [-0.05, 0) is 49.2 Å². The third-order valence-corrected chi connectivity index (χ3v) is 6.42. The normalized spacial score (nSPS) is 18.7. The third kappa shape index (κ3) is 4.23. The molecule has 172 valence electrons. The monoisotopic (exact) mass is 449 g/mol. The van der Waals surface area contributed by atoms with Crippen molar-refractivity contribution >= 4 is 28.4 Å². The summed E-state index contributed by atoms with van der Waals surface area (Å²) in [4.78, 5) is 28.6. The number of ether oxygens (including phenoxy) is 1. The van der Waals surface area contributed by atoms with Crippen LogP contribution in [0.5, 0.6) is 0 Å². The molecule has 1 amide bonds. The van der Waals surface area contributed by atoms with Gasteiger partial charge in [-0.15, -0.1) is 0 Å². The summed E-state index contributed by atoms with van der Waals surface area (Å²) in [6.07, 6.45) is 3.72. The number of rotatable bonds is 4. The average Bonchev–Trinajstić information content (AvgIpc) is 3.33. The Balaban J connectivity index is 1.63. The molecule has 1 aromatic heterocycles. The second-order valence-electron chi connectivity index (χ2n) is 8.79. The largest absolute Gasteiger partial charge is 0.378 e. The van der Waals surface area contributed by atoms with Gasteiger partial charge in [0.25, 0.3) is 5.91 Å². The molecule has 8 heteroatoms. The molecule has 0 spiro atoms. The molecule has 0 aliphatic carbocycles. The minimum atomic E-state index is -0.250. The topological polar surface area (TPSA) is 61.8 Å². The zero-order valence-corrected chi connectivity index (χ0v) is 19.0. The fraction of sp³-hybridized carbons (Fsp3) is 0.400. The lowest BCUT2D eigenvalue weighted by Gasteiger charge is -2.30. The predicted molar refractivity (Wildman–Crippen MR) is 126 cm³/mol. The molecule has 1 unspecified atom stereocenters. The number of fused-ring (bicyclic) bond motifs is 1. The van der Waals surface area contributed by atoms with E-state index in [1.54, 1.807) is 25.2 Å². The van der Waals surface area contributed by atoms with E-state index in [4.69, 9.17) is 14.7 Å². The van der Waals surface area contributed by atoms with E-state index in [1.165, 1.54) is 12.1 Å². The Hall–Kier alpha value is -3.26. The summed E-state index contributed by atoms with van der Waals surface area (Å²) in [5.41, 5.74) is 4.08. The first-order chi connectivity index (χ1) is 16.0. The van der Waals surface area contributed by atoms with Crippen LogP contribution in [0.15, 0.2) is 42.6 Å². The Morgan fingerprint density at radius 1 is 1.12 bits per heavy atom. The first-order valence-electron chi connectivity index (χ1n) is 11.4. The highest BCUT2D eigenvalue weighted by Crippen LogP contribution is 2.39. The van der Waals surface area contributed by atoms with Gasteiger partial charge in [-0.1, -0.05) is 0 Å². The number of hydrogen-bond donors (Lipinski definition) is 0. The molecule has 0 bridgehead atoms. The van der Waals surface area contributed by atoms with E-state index in [0.717, 1.165) is 55.1 Å². The van der Waals surface area contributed by atoms with Crippen molar-refractivity contribution in [2.75, 3.05) is 56.7 Å². The number of carbonyl (C=O) groups is 1. The second kappa shape index (κ2) is 8.94. The molecule has 33 heavy (non-hydrogen) atoms. The maximum absolute atomic E-state index is 13.5. The van der Waals surface area contributed by atoms with Crippen molar-refractivity contribution in [1.29, 1.82) is 0 Å². The molecule has 7 nitrogen and oxygen atoms in total. The van der Waals surface area contributed by atoms with Crippen molar-refractivity contribution in [1.82, 2.24) is 14.9 Å². The molecule has 0 N–H and O–H groups in total. The zero-order valence-electron chi connectivity index (χ0n) is 19.0. The third-order valence-electron chi connectivity index (χ3n) is 6.42. The lowest BCUT2D eigenvalue weighted by Crippen LogP contribution is -2.36. The van der Waals surface area contributed by atoms with E-state index in [1.807, 2.05) is 24.3 Å². The highest BCUT2D eigenvalue weighted by Gasteiger charge is 2.30. The van der Waals surface area contributed by atoms with Gasteiger partial charge >= 0.3 is 0 Å². The van der Waals surface area contributed by atoms with Gasteiger partial charge in [0.15, 0.2) is 0 Å². The smallest absolute Gasteiger partial charge is 0.253 e. The van der Waals surface area contributed by atoms with Gasteiger partial charge in [0.2, 0.25) is 0 Å². The summed E-state index contributed by atoms with van der Waals surface area (Å²) in [7, 11) is 3.50. The number of halogens is 1. The van der Waals surface area contributed by atoms with Gasteiger partial charge in [-0.25, -0.2) is 9.37 Å². The fourth-order valence-electron chi connectivity index (χ4n) is 4.74. The molecular weight excluding hydrogens is 421 g/mol. The Bertz CT molecular complexity index is 1160. The Morgan fingerprint density at radius 2 is 1.88 bits per heavy atom.